The Morgan fingerprint density at radius 2 is 2.00 bits per heavy atom. The molecule has 0 bridgehead atoms. The number of morpholine rings is 1. The van der Waals surface area contributed by atoms with Crippen molar-refractivity contribution in [2.45, 2.75) is 50.2 Å². The highest BCUT2D eigenvalue weighted by atomic mass is 35.5. The Bertz CT molecular complexity index is 1110. The van der Waals surface area contributed by atoms with Crippen molar-refractivity contribution in [1.29, 1.82) is 0 Å². The van der Waals surface area contributed by atoms with Crippen LogP contribution in [0.1, 0.15) is 29.5 Å². The second-order valence-corrected chi connectivity index (χ2v) is 9.73. The van der Waals surface area contributed by atoms with Gasteiger partial charge in [0.15, 0.2) is 5.16 Å². The lowest BCUT2D eigenvalue weighted by atomic mass is 10.0. The Morgan fingerprint density at radius 3 is 2.78 bits per heavy atom. The zero-order valence-electron chi connectivity index (χ0n) is 18.5. The highest BCUT2D eigenvalue weighted by molar-refractivity contribution is 7.98. The third kappa shape index (κ3) is 4.46. The normalized spacial score (nSPS) is 19.2. The Kier molecular flexibility index (Phi) is 6.55. The predicted molar refractivity (Wildman–Crippen MR) is 128 cm³/mol. The lowest BCUT2D eigenvalue weighted by Crippen LogP contribution is -2.38. The first-order chi connectivity index (χ1) is 15.6. The number of fused-ring (bicyclic) bond motifs is 1. The summed E-state index contributed by atoms with van der Waals surface area (Å²) in [5.41, 5.74) is 4.38. The first-order valence-corrected chi connectivity index (χ1v) is 12.5. The molecule has 0 aliphatic carbocycles. The van der Waals surface area contributed by atoms with E-state index in [0.29, 0.717) is 24.1 Å². The summed E-state index contributed by atoms with van der Waals surface area (Å²) in [5.74, 6) is 1.58. The van der Waals surface area contributed by atoms with Gasteiger partial charge in [0, 0.05) is 36.4 Å². The fraction of sp³-hybridized carbons (Fsp3) is 0.522. The highest BCUT2D eigenvalue weighted by Crippen LogP contribution is 2.31. The number of anilines is 1. The van der Waals surface area contributed by atoms with Crippen molar-refractivity contribution in [1.82, 2.24) is 19.7 Å². The van der Waals surface area contributed by atoms with Gasteiger partial charge in [0.1, 0.15) is 5.15 Å². The summed E-state index contributed by atoms with van der Waals surface area (Å²) < 4.78 is 13.6. The van der Waals surface area contributed by atoms with Crippen LogP contribution in [-0.2, 0) is 21.8 Å². The third-order valence-electron chi connectivity index (χ3n) is 6.30. The number of pyridine rings is 1. The number of thioether (sulfide) groups is 1. The molecule has 1 aromatic carbocycles. The van der Waals surface area contributed by atoms with Gasteiger partial charge in [-0.3, -0.25) is 4.57 Å². The molecule has 7 nitrogen and oxygen atoms in total. The van der Waals surface area contributed by atoms with E-state index in [1.165, 1.54) is 11.1 Å². The minimum absolute atomic E-state index is 0.210. The fourth-order valence-electron chi connectivity index (χ4n) is 4.28. The van der Waals surface area contributed by atoms with Gasteiger partial charge in [0.05, 0.1) is 31.4 Å². The molecule has 2 aromatic heterocycles. The second-order valence-electron chi connectivity index (χ2n) is 8.43. The maximum Gasteiger partial charge on any atom is 0.228 e. The smallest absolute Gasteiger partial charge is 0.228 e. The van der Waals surface area contributed by atoms with Gasteiger partial charge in [-0.1, -0.05) is 35.5 Å². The average Bonchev–Trinajstić information content (AvgIpc) is 3.47. The predicted octanol–water partition coefficient (Wildman–Crippen LogP) is 4.40. The molecule has 2 aliphatic rings. The first-order valence-electron chi connectivity index (χ1n) is 11.2. The van der Waals surface area contributed by atoms with Crippen LogP contribution in [0, 0.1) is 13.8 Å². The van der Waals surface area contributed by atoms with Crippen molar-refractivity contribution in [2.75, 3.05) is 37.8 Å². The van der Waals surface area contributed by atoms with Crippen LogP contribution in [0.3, 0.4) is 0 Å². The van der Waals surface area contributed by atoms with Crippen molar-refractivity contribution in [2.24, 2.45) is 0 Å². The van der Waals surface area contributed by atoms with Crippen LogP contribution in [0.15, 0.2) is 23.4 Å². The Hall–Kier alpha value is -1.87. The number of benzene rings is 1. The summed E-state index contributed by atoms with van der Waals surface area (Å²) in [4.78, 5) is 6.95. The summed E-state index contributed by atoms with van der Waals surface area (Å²) in [7, 11) is 0. The number of hydrogen-bond donors (Lipinski definition) is 0. The number of halogens is 1. The molecule has 1 atom stereocenters. The molecule has 0 N–H and O–H groups in total. The van der Waals surface area contributed by atoms with Gasteiger partial charge in [-0.15, -0.1) is 10.2 Å². The molecule has 5 rings (SSSR count). The average molecular weight is 474 g/mol. The molecule has 0 radical (unpaired) electrons. The van der Waals surface area contributed by atoms with Crippen molar-refractivity contribution < 1.29 is 9.47 Å². The molecule has 0 saturated carbocycles. The monoisotopic (exact) mass is 473 g/mol. The maximum absolute atomic E-state index is 6.59. The number of aromatic nitrogens is 4. The molecular weight excluding hydrogens is 446 g/mol. The number of rotatable bonds is 6. The zero-order valence-corrected chi connectivity index (χ0v) is 20.1. The molecule has 4 heterocycles. The molecule has 170 valence electrons. The Morgan fingerprint density at radius 1 is 1.16 bits per heavy atom. The number of hydrogen-bond acceptors (Lipinski definition) is 7. The SMILES string of the molecule is Cc1ccc2cc(CSc3nnc(N4CCOCC4)n3CC3CCCO3)c(Cl)nc2c1C. The first kappa shape index (κ1) is 21.9. The van der Waals surface area contributed by atoms with E-state index in [9.17, 15) is 0 Å². The van der Waals surface area contributed by atoms with Crippen LogP contribution >= 0.6 is 23.4 Å². The molecule has 3 aromatic rings. The second kappa shape index (κ2) is 9.55. The van der Waals surface area contributed by atoms with Gasteiger partial charge in [0.25, 0.3) is 0 Å². The summed E-state index contributed by atoms with van der Waals surface area (Å²) in [5, 5.41) is 11.6. The minimum atomic E-state index is 0.210. The summed E-state index contributed by atoms with van der Waals surface area (Å²) in [6.45, 7) is 8.88. The summed E-state index contributed by atoms with van der Waals surface area (Å²) >= 11 is 8.24. The molecule has 0 amide bonds. The Balaban J connectivity index is 1.40. The summed E-state index contributed by atoms with van der Waals surface area (Å²) in [6, 6.07) is 6.40. The van der Waals surface area contributed by atoms with Gasteiger partial charge in [-0.05, 0) is 43.9 Å². The molecule has 1 unspecified atom stereocenters. The third-order valence-corrected chi connectivity index (χ3v) is 7.64. The zero-order chi connectivity index (χ0) is 22.1. The lowest BCUT2D eigenvalue weighted by molar-refractivity contribution is 0.0942. The number of nitrogens with zero attached hydrogens (tertiary/aromatic N) is 5. The van der Waals surface area contributed by atoms with Crippen LogP contribution in [0.4, 0.5) is 5.95 Å². The van der Waals surface area contributed by atoms with Crippen LogP contribution < -0.4 is 4.90 Å². The Labute approximate surface area is 197 Å². The lowest BCUT2D eigenvalue weighted by Gasteiger charge is -2.28. The van der Waals surface area contributed by atoms with E-state index in [2.05, 4.69) is 51.7 Å². The van der Waals surface area contributed by atoms with Gasteiger partial charge < -0.3 is 14.4 Å². The van der Waals surface area contributed by atoms with Gasteiger partial charge >= 0.3 is 0 Å². The molecule has 9 heteroatoms. The molecular formula is C23H28ClN5O2S. The maximum atomic E-state index is 6.59. The van der Waals surface area contributed by atoms with E-state index in [1.54, 1.807) is 11.8 Å². The van der Waals surface area contributed by atoms with E-state index >= 15 is 0 Å². The van der Waals surface area contributed by atoms with Crippen molar-refractivity contribution in [3.8, 4) is 0 Å². The van der Waals surface area contributed by atoms with Crippen LogP contribution in [0.2, 0.25) is 5.15 Å². The standard InChI is InChI=1S/C23H28ClN5O2S/c1-15-5-6-17-12-18(21(24)25-20(17)16(15)2)14-32-23-27-26-22(28-7-10-30-11-8-28)29(23)13-19-4-3-9-31-19/h5-6,12,19H,3-4,7-11,13-14H2,1-2H3. The minimum Gasteiger partial charge on any atom is -0.378 e. The fourth-order valence-corrected chi connectivity index (χ4v) is 5.48. The molecule has 2 aliphatic heterocycles. The quantitative estimate of drug-likeness (QED) is 0.388. The van der Waals surface area contributed by atoms with Gasteiger partial charge in [-0.25, -0.2) is 4.98 Å². The van der Waals surface area contributed by atoms with Gasteiger partial charge in [-0.2, -0.15) is 0 Å². The number of ether oxygens (including phenoxy) is 2. The van der Waals surface area contributed by atoms with Crippen molar-refractivity contribution in [3.63, 3.8) is 0 Å². The topological polar surface area (TPSA) is 65.3 Å². The van der Waals surface area contributed by atoms with Gasteiger partial charge in [0.2, 0.25) is 5.95 Å². The largest absolute Gasteiger partial charge is 0.378 e. The van der Waals surface area contributed by atoms with E-state index in [4.69, 9.17) is 26.1 Å². The molecule has 2 fully saturated rings. The van der Waals surface area contributed by atoms with E-state index in [0.717, 1.165) is 66.7 Å². The van der Waals surface area contributed by atoms with Crippen molar-refractivity contribution >= 4 is 40.2 Å². The molecule has 0 spiro atoms. The highest BCUT2D eigenvalue weighted by Gasteiger charge is 2.25. The van der Waals surface area contributed by atoms with Crippen molar-refractivity contribution in [3.05, 3.63) is 40.0 Å². The van der Waals surface area contributed by atoms with Crippen LogP contribution in [0.5, 0.6) is 0 Å². The van der Waals surface area contributed by atoms with E-state index < -0.39 is 0 Å². The molecule has 32 heavy (non-hydrogen) atoms. The van der Waals surface area contributed by atoms with E-state index in [-0.39, 0.29) is 6.10 Å². The number of aryl methyl sites for hydroxylation is 2. The molecule has 2 saturated heterocycles. The summed E-state index contributed by atoms with van der Waals surface area (Å²) in [6.07, 6.45) is 2.39. The van der Waals surface area contributed by atoms with Crippen LogP contribution in [0.25, 0.3) is 10.9 Å². The van der Waals surface area contributed by atoms with E-state index in [1.807, 2.05) is 0 Å². The van der Waals surface area contributed by atoms with Crippen LogP contribution in [-0.4, -0.2) is 58.8 Å².